The summed E-state index contributed by atoms with van der Waals surface area (Å²) in [6, 6.07) is 0. The standard InChI is InChI=1S/C11H18N4O/c1-14-3-2-4-15(6-5-14)11-12-7-10(9-16)8-13-11/h7-8,16H,2-6,9H2,1H3. The van der Waals surface area contributed by atoms with Gasteiger partial charge in [-0.25, -0.2) is 9.97 Å². The number of aliphatic hydroxyl groups is 1. The van der Waals surface area contributed by atoms with E-state index in [4.69, 9.17) is 5.11 Å². The molecule has 1 aromatic heterocycles. The summed E-state index contributed by atoms with van der Waals surface area (Å²) in [5.74, 6) is 0.771. The molecule has 0 atom stereocenters. The Morgan fingerprint density at radius 2 is 1.94 bits per heavy atom. The fourth-order valence-corrected chi connectivity index (χ4v) is 1.84. The lowest BCUT2D eigenvalue weighted by molar-refractivity contribution is 0.281. The second kappa shape index (κ2) is 5.23. The second-order valence-electron chi connectivity index (χ2n) is 4.19. The molecule has 2 heterocycles. The van der Waals surface area contributed by atoms with Crippen LogP contribution in [-0.2, 0) is 6.61 Å². The molecule has 0 radical (unpaired) electrons. The Morgan fingerprint density at radius 1 is 1.19 bits per heavy atom. The first-order chi connectivity index (χ1) is 7.79. The zero-order valence-corrected chi connectivity index (χ0v) is 9.63. The van der Waals surface area contributed by atoms with E-state index in [0.29, 0.717) is 0 Å². The van der Waals surface area contributed by atoms with E-state index in [-0.39, 0.29) is 6.61 Å². The van der Waals surface area contributed by atoms with Gasteiger partial charge < -0.3 is 14.9 Å². The predicted octanol–water partition coefficient (Wildman–Crippen LogP) is 0.111. The molecule has 0 saturated carbocycles. The summed E-state index contributed by atoms with van der Waals surface area (Å²) in [5.41, 5.74) is 0.760. The van der Waals surface area contributed by atoms with Crippen molar-refractivity contribution in [3.8, 4) is 0 Å². The smallest absolute Gasteiger partial charge is 0.225 e. The summed E-state index contributed by atoms with van der Waals surface area (Å²) in [6.45, 7) is 4.15. The number of hydrogen-bond donors (Lipinski definition) is 1. The number of rotatable bonds is 2. The molecule has 0 aliphatic carbocycles. The summed E-state index contributed by atoms with van der Waals surface area (Å²) >= 11 is 0. The molecule has 1 aromatic rings. The molecular formula is C11H18N4O. The van der Waals surface area contributed by atoms with Gasteiger partial charge in [0.2, 0.25) is 5.95 Å². The first-order valence-electron chi connectivity index (χ1n) is 5.65. The molecule has 1 saturated heterocycles. The van der Waals surface area contributed by atoms with Gasteiger partial charge in [-0.1, -0.05) is 0 Å². The summed E-state index contributed by atoms with van der Waals surface area (Å²) in [4.78, 5) is 13.1. The lowest BCUT2D eigenvalue weighted by atomic mass is 10.3. The molecule has 0 unspecified atom stereocenters. The molecule has 5 nitrogen and oxygen atoms in total. The number of nitrogens with zero attached hydrogens (tertiary/aromatic N) is 4. The molecule has 1 aliphatic heterocycles. The fourth-order valence-electron chi connectivity index (χ4n) is 1.84. The van der Waals surface area contributed by atoms with Crippen LogP contribution in [0.15, 0.2) is 12.4 Å². The summed E-state index contributed by atoms with van der Waals surface area (Å²) in [6.07, 6.45) is 4.52. The second-order valence-corrected chi connectivity index (χ2v) is 4.19. The zero-order valence-electron chi connectivity index (χ0n) is 9.63. The predicted molar refractivity (Wildman–Crippen MR) is 62.3 cm³/mol. The Bertz CT molecular complexity index is 327. The Labute approximate surface area is 95.7 Å². The molecule has 0 spiro atoms. The van der Waals surface area contributed by atoms with Crippen LogP contribution in [-0.4, -0.2) is 53.2 Å². The first kappa shape index (κ1) is 11.3. The Morgan fingerprint density at radius 3 is 2.62 bits per heavy atom. The minimum Gasteiger partial charge on any atom is -0.392 e. The van der Waals surface area contributed by atoms with Crippen LogP contribution in [0.2, 0.25) is 0 Å². The maximum atomic E-state index is 8.92. The van der Waals surface area contributed by atoms with Crippen LogP contribution in [0.4, 0.5) is 5.95 Å². The van der Waals surface area contributed by atoms with E-state index in [9.17, 15) is 0 Å². The lowest BCUT2D eigenvalue weighted by Gasteiger charge is -2.20. The highest BCUT2D eigenvalue weighted by molar-refractivity contribution is 5.29. The quantitative estimate of drug-likeness (QED) is 0.770. The SMILES string of the molecule is CN1CCCN(c2ncc(CO)cn2)CC1. The van der Waals surface area contributed by atoms with Gasteiger partial charge in [-0.3, -0.25) is 0 Å². The van der Waals surface area contributed by atoms with Crippen molar-refractivity contribution in [1.82, 2.24) is 14.9 Å². The van der Waals surface area contributed by atoms with Gasteiger partial charge >= 0.3 is 0 Å². The molecule has 2 rings (SSSR count). The van der Waals surface area contributed by atoms with Crippen LogP contribution in [0.25, 0.3) is 0 Å². The van der Waals surface area contributed by atoms with Crippen molar-refractivity contribution in [3.05, 3.63) is 18.0 Å². The molecule has 1 aliphatic rings. The molecule has 16 heavy (non-hydrogen) atoms. The first-order valence-corrected chi connectivity index (χ1v) is 5.65. The van der Waals surface area contributed by atoms with Crippen molar-refractivity contribution in [1.29, 1.82) is 0 Å². The lowest BCUT2D eigenvalue weighted by Crippen LogP contribution is -2.30. The van der Waals surface area contributed by atoms with Crippen LogP contribution < -0.4 is 4.90 Å². The van der Waals surface area contributed by atoms with Crippen LogP contribution in [0.5, 0.6) is 0 Å². The monoisotopic (exact) mass is 222 g/mol. The molecule has 88 valence electrons. The van der Waals surface area contributed by atoms with Crippen LogP contribution >= 0.6 is 0 Å². The van der Waals surface area contributed by atoms with E-state index < -0.39 is 0 Å². The van der Waals surface area contributed by atoms with Gasteiger partial charge in [-0.15, -0.1) is 0 Å². The van der Waals surface area contributed by atoms with Crippen LogP contribution in [0, 0.1) is 0 Å². The van der Waals surface area contributed by atoms with Gasteiger partial charge in [0, 0.05) is 37.6 Å². The van der Waals surface area contributed by atoms with Crippen molar-refractivity contribution >= 4 is 5.95 Å². The third kappa shape index (κ3) is 2.68. The minimum atomic E-state index is 0.00299. The van der Waals surface area contributed by atoms with Gasteiger partial charge in [0.25, 0.3) is 0 Å². The molecular weight excluding hydrogens is 204 g/mol. The zero-order chi connectivity index (χ0) is 11.4. The van der Waals surface area contributed by atoms with E-state index in [1.54, 1.807) is 12.4 Å². The highest BCUT2D eigenvalue weighted by Gasteiger charge is 2.14. The third-order valence-corrected chi connectivity index (χ3v) is 2.88. The van der Waals surface area contributed by atoms with Gasteiger partial charge in [-0.2, -0.15) is 0 Å². The summed E-state index contributed by atoms with van der Waals surface area (Å²) in [5, 5.41) is 8.92. The Kier molecular flexibility index (Phi) is 3.69. The molecule has 0 aromatic carbocycles. The Balaban J connectivity index is 2.04. The average molecular weight is 222 g/mol. The molecule has 0 bridgehead atoms. The van der Waals surface area contributed by atoms with Crippen molar-refractivity contribution in [2.75, 3.05) is 38.1 Å². The molecule has 1 N–H and O–H groups in total. The van der Waals surface area contributed by atoms with Crippen LogP contribution in [0.3, 0.4) is 0 Å². The third-order valence-electron chi connectivity index (χ3n) is 2.88. The average Bonchev–Trinajstić information content (AvgIpc) is 2.54. The maximum absolute atomic E-state index is 8.92. The number of hydrogen-bond acceptors (Lipinski definition) is 5. The van der Waals surface area contributed by atoms with Crippen molar-refractivity contribution in [2.24, 2.45) is 0 Å². The van der Waals surface area contributed by atoms with E-state index in [1.807, 2.05) is 0 Å². The Hall–Kier alpha value is -1.20. The van der Waals surface area contributed by atoms with Gasteiger partial charge in [0.15, 0.2) is 0 Å². The van der Waals surface area contributed by atoms with E-state index in [1.165, 1.54) is 0 Å². The minimum absolute atomic E-state index is 0.00299. The highest BCUT2D eigenvalue weighted by Crippen LogP contribution is 2.10. The topological polar surface area (TPSA) is 52.5 Å². The molecule has 1 fully saturated rings. The van der Waals surface area contributed by atoms with E-state index >= 15 is 0 Å². The van der Waals surface area contributed by atoms with Crippen molar-refractivity contribution < 1.29 is 5.11 Å². The summed E-state index contributed by atoms with van der Waals surface area (Å²) in [7, 11) is 2.14. The molecule has 5 heteroatoms. The highest BCUT2D eigenvalue weighted by atomic mass is 16.3. The fraction of sp³-hybridized carbons (Fsp3) is 0.636. The normalized spacial score (nSPS) is 18.5. The van der Waals surface area contributed by atoms with Crippen molar-refractivity contribution in [2.45, 2.75) is 13.0 Å². The largest absolute Gasteiger partial charge is 0.392 e. The molecule has 0 amide bonds. The summed E-state index contributed by atoms with van der Waals surface area (Å²) < 4.78 is 0. The van der Waals surface area contributed by atoms with Gasteiger partial charge in [0.05, 0.1) is 6.61 Å². The maximum Gasteiger partial charge on any atom is 0.225 e. The van der Waals surface area contributed by atoms with E-state index in [0.717, 1.165) is 44.1 Å². The van der Waals surface area contributed by atoms with E-state index in [2.05, 4.69) is 26.8 Å². The number of likely N-dealkylation sites (N-methyl/N-ethyl adjacent to an activating group) is 1. The van der Waals surface area contributed by atoms with Crippen molar-refractivity contribution in [3.63, 3.8) is 0 Å². The van der Waals surface area contributed by atoms with Crippen LogP contribution in [0.1, 0.15) is 12.0 Å². The number of anilines is 1. The number of aliphatic hydroxyl groups excluding tert-OH is 1. The van der Waals surface area contributed by atoms with Gasteiger partial charge in [-0.05, 0) is 20.0 Å². The number of aromatic nitrogens is 2. The van der Waals surface area contributed by atoms with Gasteiger partial charge in [0.1, 0.15) is 0 Å².